The second-order valence-corrected chi connectivity index (χ2v) is 8.82. The number of nitrogens with zero attached hydrogens (tertiary/aromatic N) is 3. The Labute approximate surface area is 185 Å². The summed E-state index contributed by atoms with van der Waals surface area (Å²) in [5, 5.41) is 11.3. The zero-order chi connectivity index (χ0) is 22.0. The summed E-state index contributed by atoms with van der Waals surface area (Å²) in [6.07, 6.45) is -1.92. The summed E-state index contributed by atoms with van der Waals surface area (Å²) in [7, 11) is 2.12. The molecule has 0 aliphatic carbocycles. The van der Waals surface area contributed by atoms with Crippen LogP contribution in [0.1, 0.15) is 37.0 Å². The van der Waals surface area contributed by atoms with Crippen LogP contribution in [0.25, 0.3) is 0 Å². The Balaban J connectivity index is 1.55. The Kier molecular flexibility index (Phi) is 6.60. The van der Waals surface area contributed by atoms with Crippen LogP contribution in [0.2, 0.25) is 0 Å². The van der Waals surface area contributed by atoms with Gasteiger partial charge in [-0.2, -0.15) is 0 Å². The van der Waals surface area contributed by atoms with E-state index in [9.17, 15) is 9.90 Å². The number of likely N-dealkylation sites (N-methyl/N-ethyl adjacent to an activating group) is 1. The number of anilines is 2. The Morgan fingerprint density at radius 1 is 0.968 bits per heavy atom. The number of piperazine rings is 1. The molecule has 2 aliphatic heterocycles. The predicted molar refractivity (Wildman–Crippen MR) is 124 cm³/mol. The van der Waals surface area contributed by atoms with Gasteiger partial charge in [0.05, 0.1) is 6.61 Å². The second-order valence-electron chi connectivity index (χ2n) is 8.82. The molecular weight excluding hydrogens is 390 g/mol. The van der Waals surface area contributed by atoms with Crippen molar-refractivity contribution >= 4 is 17.3 Å². The van der Waals surface area contributed by atoms with Crippen molar-refractivity contribution in [1.29, 1.82) is 0 Å². The molecule has 0 aromatic heterocycles. The van der Waals surface area contributed by atoms with Gasteiger partial charge in [0.1, 0.15) is 6.10 Å². The number of amides is 1. The Bertz CT molecular complexity index is 891. The van der Waals surface area contributed by atoms with Crippen molar-refractivity contribution in [3.8, 4) is 0 Å². The number of aliphatic hydroxyl groups is 1. The van der Waals surface area contributed by atoms with Gasteiger partial charge in [-0.1, -0.05) is 44.2 Å². The summed E-state index contributed by atoms with van der Waals surface area (Å²) in [5.74, 6) is 0.249. The van der Waals surface area contributed by atoms with Crippen LogP contribution < -0.4 is 9.80 Å². The Morgan fingerprint density at radius 2 is 1.65 bits per heavy atom. The maximum absolute atomic E-state index is 13.3. The fourth-order valence-corrected chi connectivity index (χ4v) is 4.36. The molecule has 4 rings (SSSR count). The summed E-state index contributed by atoms with van der Waals surface area (Å²) < 4.78 is 5.81. The molecule has 0 radical (unpaired) electrons. The highest BCUT2D eigenvalue weighted by molar-refractivity contribution is 5.97. The fourth-order valence-electron chi connectivity index (χ4n) is 4.36. The number of benzene rings is 2. The van der Waals surface area contributed by atoms with Crippen LogP contribution in [0.15, 0.2) is 48.5 Å². The van der Waals surface area contributed by atoms with Crippen molar-refractivity contribution in [3.63, 3.8) is 0 Å². The average molecular weight is 424 g/mol. The quantitative estimate of drug-likeness (QED) is 0.801. The monoisotopic (exact) mass is 423 g/mol. The number of para-hydroxylation sites is 1. The van der Waals surface area contributed by atoms with E-state index in [4.69, 9.17) is 4.74 Å². The van der Waals surface area contributed by atoms with E-state index in [0.29, 0.717) is 19.1 Å². The molecule has 1 N–H and O–H groups in total. The van der Waals surface area contributed by atoms with Gasteiger partial charge in [-0.15, -0.1) is 0 Å². The molecule has 2 heterocycles. The highest BCUT2D eigenvalue weighted by atomic mass is 16.5. The van der Waals surface area contributed by atoms with E-state index in [1.165, 1.54) is 5.56 Å². The largest absolute Gasteiger partial charge is 0.385 e. The number of aliphatic hydroxyl groups excluding tert-OH is 1. The van der Waals surface area contributed by atoms with Gasteiger partial charge in [0, 0.05) is 49.7 Å². The van der Waals surface area contributed by atoms with Crippen LogP contribution in [0.5, 0.6) is 0 Å². The second kappa shape index (κ2) is 9.39. The molecule has 0 saturated carbocycles. The molecule has 2 saturated heterocycles. The van der Waals surface area contributed by atoms with E-state index < -0.39 is 12.2 Å². The van der Waals surface area contributed by atoms with E-state index in [1.807, 2.05) is 36.4 Å². The molecule has 2 aromatic rings. The number of ether oxygens (including phenoxy) is 1. The Hall–Kier alpha value is -2.41. The lowest BCUT2D eigenvalue weighted by atomic mass is 9.98. The number of morpholine rings is 1. The average Bonchev–Trinajstić information content (AvgIpc) is 2.79. The van der Waals surface area contributed by atoms with E-state index in [-0.39, 0.29) is 5.91 Å². The molecule has 6 nitrogen and oxygen atoms in total. The molecule has 2 unspecified atom stereocenters. The minimum absolute atomic E-state index is 0.191. The molecule has 166 valence electrons. The summed E-state index contributed by atoms with van der Waals surface area (Å²) in [6, 6.07) is 15.9. The molecule has 31 heavy (non-hydrogen) atoms. The van der Waals surface area contributed by atoms with Crippen molar-refractivity contribution in [2.45, 2.75) is 32.0 Å². The Morgan fingerprint density at radius 3 is 2.32 bits per heavy atom. The highest BCUT2D eigenvalue weighted by Gasteiger charge is 2.38. The van der Waals surface area contributed by atoms with Crippen molar-refractivity contribution in [2.75, 3.05) is 56.2 Å². The first-order valence-corrected chi connectivity index (χ1v) is 11.2. The molecule has 0 spiro atoms. The van der Waals surface area contributed by atoms with Crippen LogP contribution in [0.3, 0.4) is 0 Å². The summed E-state index contributed by atoms with van der Waals surface area (Å²) in [5.41, 5.74) is 3.82. The lowest BCUT2D eigenvalue weighted by molar-refractivity contribution is -0.143. The standard InChI is InChI=1S/C25H33N3O3/c1-18(2)19-8-10-20(11-9-19)28-16-17-31-24(25(28)30)23(29)21-6-4-5-7-22(21)27-14-12-26(3)13-15-27/h4-11,18,23-24,29H,12-17H2,1-3H3. The first-order valence-electron chi connectivity index (χ1n) is 11.2. The summed E-state index contributed by atoms with van der Waals surface area (Å²) in [6.45, 7) is 8.94. The van der Waals surface area contributed by atoms with Crippen LogP contribution in [0, 0.1) is 0 Å². The normalized spacial score (nSPS) is 21.6. The molecule has 1 amide bonds. The van der Waals surface area contributed by atoms with Crippen LogP contribution >= 0.6 is 0 Å². The van der Waals surface area contributed by atoms with Gasteiger partial charge in [0.25, 0.3) is 5.91 Å². The number of hydrogen-bond donors (Lipinski definition) is 1. The van der Waals surface area contributed by atoms with Gasteiger partial charge in [0.15, 0.2) is 6.10 Å². The van der Waals surface area contributed by atoms with Crippen LogP contribution in [-0.4, -0.2) is 68.4 Å². The third kappa shape index (κ3) is 4.61. The number of hydrogen-bond acceptors (Lipinski definition) is 5. The third-order valence-corrected chi connectivity index (χ3v) is 6.38. The van der Waals surface area contributed by atoms with E-state index >= 15 is 0 Å². The number of carbonyl (C=O) groups excluding carboxylic acids is 1. The maximum atomic E-state index is 13.3. The summed E-state index contributed by atoms with van der Waals surface area (Å²) in [4.78, 5) is 19.6. The number of carbonyl (C=O) groups is 1. The smallest absolute Gasteiger partial charge is 0.259 e. The zero-order valence-electron chi connectivity index (χ0n) is 18.7. The first kappa shape index (κ1) is 21.8. The van der Waals surface area contributed by atoms with Crippen molar-refractivity contribution in [1.82, 2.24) is 4.90 Å². The van der Waals surface area contributed by atoms with Gasteiger partial charge in [-0.3, -0.25) is 4.79 Å². The van der Waals surface area contributed by atoms with Gasteiger partial charge >= 0.3 is 0 Å². The maximum Gasteiger partial charge on any atom is 0.259 e. The minimum atomic E-state index is -1.01. The van der Waals surface area contributed by atoms with Crippen molar-refractivity contribution < 1.29 is 14.6 Å². The molecular formula is C25H33N3O3. The van der Waals surface area contributed by atoms with Crippen LogP contribution in [0.4, 0.5) is 11.4 Å². The van der Waals surface area contributed by atoms with Crippen molar-refractivity contribution in [3.05, 3.63) is 59.7 Å². The van der Waals surface area contributed by atoms with Gasteiger partial charge in [0.2, 0.25) is 0 Å². The lowest BCUT2D eigenvalue weighted by Crippen LogP contribution is -2.50. The summed E-state index contributed by atoms with van der Waals surface area (Å²) >= 11 is 0. The fraction of sp³-hybridized carbons (Fsp3) is 0.480. The predicted octanol–water partition coefficient (Wildman–Crippen LogP) is 3.03. The molecule has 2 aromatic carbocycles. The molecule has 6 heteroatoms. The molecule has 2 fully saturated rings. The zero-order valence-corrected chi connectivity index (χ0v) is 18.7. The minimum Gasteiger partial charge on any atom is -0.385 e. The first-order chi connectivity index (χ1) is 15.0. The van der Waals surface area contributed by atoms with Gasteiger partial charge < -0.3 is 24.5 Å². The lowest BCUT2D eigenvalue weighted by Gasteiger charge is -2.38. The third-order valence-electron chi connectivity index (χ3n) is 6.38. The van der Waals surface area contributed by atoms with Crippen LogP contribution in [-0.2, 0) is 9.53 Å². The van der Waals surface area contributed by atoms with Gasteiger partial charge in [-0.05, 0) is 36.7 Å². The van der Waals surface area contributed by atoms with E-state index in [1.54, 1.807) is 4.90 Å². The number of rotatable bonds is 5. The molecule has 0 bridgehead atoms. The van der Waals surface area contributed by atoms with Crippen molar-refractivity contribution in [2.24, 2.45) is 0 Å². The molecule has 2 atom stereocenters. The SMILES string of the molecule is CC(C)c1ccc(N2CCOC(C(O)c3ccccc3N3CCN(C)CC3)C2=O)cc1. The van der Waals surface area contributed by atoms with E-state index in [2.05, 4.69) is 42.8 Å². The van der Waals surface area contributed by atoms with Gasteiger partial charge in [-0.25, -0.2) is 0 Å². The molecule has 2 aliphatic rings. The highest BCUT2D eigenvalue weighted by Crippen LogP contribution is 2.33. The topological polar surface area (TPSA) is 56.3 Å². The van der Waals surface area contributed by atoms with E-state index in [0.717, 1.165) is 43.1 Å².